The second-order valence-electron chi connectivity index (χ2n) is 3.17. The van der Waals surface area contributed by atoms with Crippen molar-refractivity contribution in [2.45, 2.75) is 33.6 Å². The molecule has 0 aromatic heterocycles. The number of hydrogen-bond acceptors (Lipinski definition) is 2. The number of carbonyl (C=O) groups excluding carboxylic acids is 1. The van der Waals surface area contributed by atoms with Crippen molar-refractivity contribution < 1.29 is 9.53 Å². The Morgan fingerprint density at radius 2 is 2.25 bits per heavy atom. The first-order chi connectivity index (χ1) is 5.70. The molecule has 1 unspecified atom stereocenters. The van der Waals surface area contributed by atoms with Crippen LogP contribution in [0.4, 0.5) is 0 Å². The minimum Gasteiger partial charge on any atom is -0.468 e. The fraction of sp³-hybridized carbons (Fsp3) is 0.700. The number of allylic oxidation sites excluding steroid dienone is 2. The zero-order chi connectivity index (χ0) is 9.40. The highest BCUT2D eigenvalue weighted by Gasteiger charge is 1.99. The average molecular weight is 170 g/mol. The van der Waals surface area contributed by atoms with Crippen molar-refractivity contribution in [1.29, 1.82) is 0 Å². The molecule has 0 rings (SSSR count). The van der Waals surface area contributed by atoms with Gasteiger partial charge in [-0.1, -0.05) is 25.5 Å². The normalized spacial score (nSPS) is 14.1. The van der Waals surface area contributed by atoms with Gasteiger partial charge in [-0.2, -0.15) is 0 Å². The number of rotatable bonds is 6. The molecule has 0 aromatic rings. The van der Waals surface area contributed by atoms with Crippen molar-refractivity contribution in [3.05, 3.63) is 11.6 Å². The van der Waals surface area contributed by atoms with E-state index in [0.29, 0.717) is 19.0 Å². The van der Waals surface area contributed by atoms with Crippen LogP contribution in [0.5, 0.6) is 0 Å². The molecule has 0 amide bonds. The molecule has 2 nitrogen and oxygen atoms in total. The second kappa shape index (κ2) is 6.89. The van der Waals surface area contributed by atoms with Gasteiger partial charge in [0.25, 0.3) is 6.47 Å². The van der Waals surface area contributed by atoms with Crippen LogP contribution in [0, 0.1) is 5.92 Å². The topological polar surface area (TPSA) is 26.3 Å². The summed E-state index contributed by atoms with van der Waals surface area (Å²) in [5.41, 5.74) is 1.40. The predicted octanol–water partition coefficient (Wildman–Crippen LogP) is 2.54. The minimum absolute atomic E-state index is 0.427. The molecular formula is C10H18O2. The third-order valence-electron chi connectivity index (χ3n) is 1.88. The molecule has 0 radical (unpaired) electrons. The fourth-order valence-corrected chi connectivity index (χ4v) is 0.818. The van der Waals surface area contributed by atoms with Gasteiger partial charge in [-0.15, -0.1) is 0 Å². The second-order valence-corrected chi connectivity index (χ2v) is 3.17. The third kappa shape index (κ3) is 5.96. The predicted molar refractivity (Wildman–Crippen MR) is 49.8 cm³/mol. The van der Waals surface area contributed by atoms with Crippen LogP contribution in [0.3, 0.4) is 0 Å². The molecule has 0 aliphatic carbocycles. The van der Waals surface area contributed by atoms with Crippen molar-refractivity contribution in [2.75, 3.05) is 6.61 Å². The minimum atomic E-state index is 0.427. The van der Waals surface area contributed by atoms with E-state index in [-0.39, 0.29) is 0 Å². The molecule has 0 saturated heterocycles. The lowest BCUT2D eigenvalue weighted by molar-refractivity contribution is -0.129. The van der Waals surface area contributed by atoms with Gasteiger partial charge < -0.3 is 4.74 Å². The maximum Gasteiger partial charge on any atom is 0.293 e. The van der Waals surface area contributed by atoms with Crippen LogP contribution in [-0.4, -0.2) is 13.1 Å². The maximum atomic E-state index is 9.87. The molecule has 2 heteroatoms. The van der Waals surface area contributed by atoms with Gasteiger partial charge in [-0.25, -0.2) is 0 Å². The molecule has 0 spiro atoms. The highest BCUT2D eigenvalue weighted by Crippen LogP contribution is 2.07. The van der Waals surface area contributed by atoms with E-state index in [4.69, 9.17) is 0 Å². The standard InChI is InChI=1S/C10H18O2/c1-4-9(2)5-6-10(3)7-12-8-11/h5,8,10H,4,6-7H2,1-3H3/b9-5-. The molecule has 0 aromatic carbocycles. The first-order valence-electron chi connectivity index (χ1n) is 4.41. The first kappa shape index (κ1) is 11.2. The van der Waals surface area contributed by atoms with Crippen molar-refractivity contribution >= 4 is 6.47 Å². The Hall–Kier alpha value is -0.790. The molecular weight excluding hydrogens is 152 g/mol. The Morgan fingerprint density at radius 1 is 1.58 bits per heavy atom. The molecule has 12 heavy (non-hydrogen) atoms. The molecule has 0 heterocycles. The molecule has 0 saturated carbocycles. The van der Waals surface area contributed by atoms with Gasteiger partial charge in [0.1, 0.15) is 0 Å². The van der Waals surface area contributed by atoms with E-state index in [0.717, 1.165) is 12.8 Å². The Morgan fingerprint density at radius 3 is 2.75 bits per heavy atom. The van der Waals surface area contributed by atoms with Crippen LogP contribution < -0.4 is 0 Å². The van der Waals surface area contributed by atoms with Crippen LogP contribution in [0.1, 0.15) is 33.6 Å². The van der Waals surface area contributed by atoms with Gasteiger partial charge in [0.15, 0.2) is 0 Å². The van der Waals surface area contributed by atoms with E-state index in [2.05, 4.69) is 31.6 Å². The molecule has 0 bridgehead atoms. The van der Waals surface area contributed by atoms with E-state index in [1.54, 1.807) is 0 Å². The number of carbonyl (C=O) groups is 1. The van der Waals surface area contributed by atoms with Crippen molar-refractivity contribution in [2.24, 2.45) is 5.92 Å². The molecule has 0 N–H and O–H groups in total. The van der Waals surface area contributed by atoms with Crippen LogP contribution in [0.25, 0.3) is 0 Å². The fourth-order valence-electron chi connectivity index (χ4n) is 0.818. The zero-order valence-electron chi connectivity index (χ0n) is 8.17. The van der Waals surface area contributed by atoms with Gasteiger partial charge >= 0.3 is 0 Å². The summed E-state index contributed by atoms with van der Waals surface area (Å²) >= 11 is 0. The Bertz CT molecular complexity index is 150. The van der Waals surface area contributed by atoms with E-state index >= 15 is 0 Å². The highest BCUT2D eigenvalue weighted by atomic mass is 16.5. The summed E-state index contributed by atoms with van der Waals surface area (Å²) < 4.78 is 4.65. The first-order valence-corrected chi connectivity index (χ1v) is 4.41. The van der Waals surface area contributed by atoms with Gasteiger partial charge in [0, 0.05) is 0 Å². The lowest BCUT2D eigenvalue weighted by Gasteiger charge is -2.06. The van der Waals surface area contributed by atoms with Crippen LogP contribution >= 0.6 is 0 Å². The van der Waals surface area contributed by atoms with Gasteiger partial charge in [0.2, 0.25) is 0 Å². The molecule has 0 fully saturated rings. The van der Waals surface area contributed by atoms with Gasteiger partial charge in [-0.05, 0) is 25.7 Å². The summed E-state index contributed by atoms with van der Waals surface area (Å²) in [6.07, 6.45) is 4.30. The van der Waals surface area contributed by atoms with Crippen LogP contribution in [0.15, 0.2) is 11.6 Å². The highest BCUT2D eigenvalue weighted by molar-refractivity contribution is 5.36. The summed E-state index contributed by atoms with van der Waals surface area (Å²) in [6.45, 7) is 7.36. The van der Waals surface area contributed by atoms with Crippen molar-refractivity contribution in [1.82, 2.24) is 0 Å². The lowest BCUT2D eigenvalue weighted by Crippen LogP contribution is -2.03. The zero-order valence-corrected chi connectivity index (χ0v) is 8.17. The monoisotopic (exact) mass is 170 g/mol. The van der Waals surface area contributed by atoms with E-state index in [1.165, 1.54) is 5.57 Å². The van der Waals surface area contributed by atoms with E-state index in [9.17, 15) is 4.79 Å². The lowest BCUT2D eigenvalue weighted by atomic mass is 10.1. The quantitative estimate of drug-likeness (QED) is 0.452. The summed E-state index contributed by atoms with van der Waals surface area (Å²) in [5, 5.41) is 0. The van der Waals surface area contributed by atoms with Gasteiger partial charge in [0.05, 0.1) is 6.61 Å². The Balaban J connectivity index is 3.54. The van der Waals surface area contributed by atoms with E-state index in [1.807, 2.05) is 0 Å². The summed E-state index contributed by atoms with van der Waals surface area (Å²) in [4.78, 5) is 9.87. The Labute approximate surface area is 74.6 Å². The molecule has 1 atom stereocenters. The van der Waals surface area contributed by atoms with Gasteiger partial charge in [-0.3, -0.25) is 4.79 Å². The van der Waals surface area contributed by atoms with E-state index < -0.39 is 0 Å². The molecule has 70 valence electrons. The molecule has 0 aliphatic heterocycles. The summed E-state index contributed by atoms with van der Waals surface area (Å²) in [5.74, 6) is 0.427. The summed E-state index contributed by atoms with van der Waals surface area (Å²) in [6, 6.07) is 0. The maximum absolute atomic E-state index is 9.87. The molecule has 0 aliphatic rings. The van der Waals surface area contributed by atoms with Crippen molar-refractivity contribution in [3.63, 3.8) is 0 Å². The average Bonchev–Trinajstić information content (AvgIpc) is 2.10. The third-order valence-corrected chi connectivity index (χ3v) is 1.88. The number of hydrogen-bond donors (Lipinski definition) is 0. The summed E-state index contributed by atoms with van der Waals surface area (Å²) in [7, 11) is 0. The van der Waals surface area contributed by atoms with Crippen LogP contribution in [0.2, 0.25) is 0 Å². The van der Waals surface area contributed by atoms with Crippen molar-refractivity contribution in [3.8, 4) is 0 Å². The van der Waals surface area contributed by atoms with Crippen LogP contribution in [-0.2, 0) is 9.53 Å². The Kier molecular flexibility index (Phi) is 6.44. The number of ether oxygens (including phenoxy) is 1. The smallest absolute Gasteiger partial charge is 0.293 e. The SMILES string of the molecule is CC/C(C)=C\CC(C)COC=O. The largest absolute Gasteiger partial charge is 0.468 e.